The normalized spacial score (nSPS) is 8.56. The van der Waals surface area contributed by atoms with E-state index < -0.39 is 0 Å². The third kappa shape index (κ3) is 1.80. The van der Waals surface area contributed by atoms with E-state index in [0.29, 0.717) is 0 Å². The third-order valence-electron chi connectivity index (χ3n) is 0.997. The molecule has 0 aliphatic heterocycles. The van der Waals surface area contributed by atoms with Crippen LogP contribution in [0.25, 0.3) is 0 Å². The Balaban J connectivity index is 2.61. The van der Waals surface area contributed by atoms with Gasteiger partial charge in [-0.05, 0) is 12.1 Å². The summed E-state index contributed by atoms with van der Waals surface area (Å²) < 4.78 is 5.08. The SMILES string of the molecule is C[B]Oc1ccccc1. The van der Waals surface area contributed by atoms with Crippen molar-refractivity contribution in [3.05, 3.63) is 30.3 Å². The van der Waals surface area contributed by atoms with Crippen LogP contribution in [0.15, 0.2) is 30.3 Å². The first kappa shape index (κ1) is 6.21. The van der Waals surface area contributed by atoms with Gasteiger partial charge in [-0.15, -0.1) is 0 Å². The second-order valence-corrected chi connectivity index (χ2v) is 1.67. The predicted molar refractivity (Wildman–Crippen MR) is 38.7 cm³/mol. The fourth-order valence-corrected chi connectivity index (χ4v) is 0.635. The molecule has 1 rings (SSSR count). The largest absolute Gasteiger partial charge is 0.564 e. The highest BCUT2D eigenvalue weighted by atomic mass is 16.4. The van der Waals surface area contributed by atoms with Gasteiger partial charge in [-0.25, -0.2) is 0 Å². The number of benzene rings is 1. The van der Waals surface area contributed by atoms with Crippen LogP contribution in [0, 0.1) is 0 Å². The van der Waals surface area contributed by atoms with Crippen LogP contribution in [-0.2, 0) is 0 Å². The van der Waals surface area contributed by atoms with E-state index >= 15 is 0 Å². The van der Waals surface area contributed by atoms with Gasteiger partial charge in [-0.3, -0.25) is 0 Å². The number of rotatable bonds is 2. The van der Waals surface area contributed by atoms with Crippen molar-refractivity contribution in [3.8, 4) is 5.75 Å². The topological polar surface area (TPSA) is 9.23 Å². The summed E-state index contributed by atoms with van der Waals surface area (Å²) in [7, 11) is 1.66. The molecule has 0 saturated heterocycles. The molecule has 45 valence electrons. The molecule has 0 N–H and O–H groups in total. The lowest BCUT2D eigenvalue weighted by atomic mass is 10.1. The quantitative estimate of drug-likeness (QED) is 0.538. The van der Waals surface area contributed by atoms with Gasteiger partial charge in [-0.2, -0.15) is 0 Å². The van der Waals surface area contributed by atoms with Gasteiger partial charge in [0.2, 0.25) is 0 Å². The molecule has 2 heteroatoms. The molecular formula is C7H8BO. The first-order chi connectivity index (χ1) is 4.43. The lowest BCUT2D eigenvalue weighted by Gasteiger charge is -1.98. The van der Waals surface area contributed by atoms with Crippen molar-refractivity contribution >= 4 is 7.48 Å². The maximum atomic E-state index is 5.08. The lowest BCUT2D eigenvalue weighted by molar-refractivity contribution is 0.600. The molecule has 0 aromatic heterocycles. The molecule has 0 spiro atoms. The van der Waals surface area contributed by atoms with E-state index in [2.05, 4.69) is 0 Å². The zero-order chi connectivity index (χ0) is 6.53. The van der Waals surface area contributed by atoms with Crippen LogP contribution >= 0.6 is 0 Å². The predicted octanol–water partition coefficient (Wildman–Crippen LogP) is 1.73. The Morgan fingerprint density at radius 2 is 1.89 bits per heavy atom. The van der Waals surface area contributed by atoms with E-state index in [9.17, 15) is 0 Å². The average molecular weight is 119 g/mol. The van der Waals surface area contributed by atoms with E-state index in [0.717, 1.165) is 5.75 Å². The molecule has 0 heterocycles. The van der Waals surface area contributed by atoms with Crippen LogP contribution in [0.2, 0.25) is 6.82 Å². The van der Waals surface area contributed by atoms with Gasteiger partial charge in [0.25, 0.3) is 0 Å². The van der Waals surface area contributed by atoms with Crippen LogP contribution < -0.4 is 4.65 Å². The zero-order valence-corrected chi connectivity index (χ0v) is 5.37. The molecule has 1 nitrogen and oxygen atoms in total. The number of hydrogen-bond donors (Lipinski definition) is 0. The highest BCUT2D eigenvalue weighted by Gasteiger charge is 1.85. The summed E-state index contributed by atoms with van der Waals surface area (Å²) in [5.74, 6) is 0.889. The fourth-order valence-electron chi connectivity index (χ4n) is 0.635. The van der Waals surface area contributed by atoms with E-state index in [4.69, 9.17) is 4.65 Å². The van der Waals surface area contributed by atoms with Crippen LogP contribution in [0.3, 0.4) is 0 Å². The van der Waals surface area contributed by atoms with Crippen LogP contribution in [0.4, 0.5) is 0 Å². The molecule has 0 fully saturated rings. The molecule has 1 aromatic rings. The summed E-state index contributed by atoms with van der Waals surface area (Å²) >= 11 is 0. The van der Waals surface area contributed by atoms with Crippen LogP contribution in [0.1, 0.15) is 0 Å². The second-order valence-electron chi connectivity index (χ2n) is 1.67. The summed E-state index contributed by atoms with van der Waals surface area (Å²) in [5, 5.41) is 0. The molecule has 0 saturated carbocycles. The summed E-state index contributed by atoms with van der Waals surface area (Å²) in [5.41, 5.74) is 0. The Morgan fingerprint density at radius 1 is 1.22 bits per heavy atom. The molecule has 0 aliphatic rings. The summed E-state index contributed by atoms with van der Waals surface area (Å²) in [6.45, 7) is 1.85. The third-order valence-corrected chi connectivity index (χ3v) is 0.997. The van der Waals surface area contributed by atoms with Gasteiger partial charge in [0.1, 0.15) is 0 Å². The van der Waals surface area contributed by atoms with Crippen molar-refractivity contribution in [2.24, 2.45) is 0 Å². The molecule has 9 heavy (non-hydrogen) atoms. The highest BCUT2D eigenvalue weighted by molar-refractivity contribution is 6.26. The Hall–Kier alpha value is -0.915. The second kappa shape index (κ2) is 3.18. The van der Waals surface area contributed by atoms with E-state index in [1.54, 1.807) is 7.48 Å². The summed E-state index contributed by atoms with van der Waals surface area (Å²) in [6.07, 6.45) is 0. The first-order valence-electron chi connectivity index (χ1n) is 2.93. The van der Waals surface area contributed by atoms with Crippen LogP contribution in [-0.4, -0.2) is 7.48 Å². The Bertz CT molecular complexity index is 162. The Labute approximate surface area is 55.9 Å². The van der Waals surface area contributed by atoms with E-state index in [1.807, 2.05) is 37.2 Å². The van der Waals surface area contributed by atoms with Gasteiger partial charge in [0.15, 0.2) is 0 Å². The highest BCUT2D eigenvalue weighted by Crippen LogP contribution is 2.06. The fraction of sp³-hybridized carbons (Fsp3) is 0.143. The van der Waals surface area contributed by atoms with Crippen molar-refractivity contribution in [2.45, 2.75) is 6.82 Å². The molecule has 0 aliphatic carbocycles. The van der Waals surface area contributed by atoms with Crippen molar-refractivity contribution in [1.82, 2.24) is 0 Å². The minimum atomic E-state index is 0.889. The summed E-state index contributed by atoms with van der Waals surface area (Å²) in [4.78, 5) is 0. The molecule has 1 aromatic carbocycles. The van der Waals surface area contributed by atoms with Crippen molar-refractivity contribution < 1.29 is 4.65 Å². The van der Waals surface area contributed by atoms with Gasteiger partial charge in [0, 0.05) is 0 Å². The average Bonchev–Trinajstić information content (AvgIpc) is 1.91. The maximum Gasteiger partial charge on any atom is 0.366 e. The zero-order valence-electron chi connectivity index (χ0n) is 5.37. The monoisotopic (exact) mass is 119 g/mol. The minimum absolute atomic E-state index is 0.889. The van der Waals surface area contributed by atoms with Crippen molar-refractivity contribution in [3.63, 3.8) is 0 Å². The Kier molecular flexibility index (Phi) is 2.19. The van der Waals surface area contributed by atoms with Crippen molar-refractivity contribution in [2.75, 3.05) is 0 Å². The Morgan fingerprint density at radius 3 is 2.44 bits per heavy atom. The van der Waals surface area contributed by atoms with Gasteiger partial charge >= 0.3 is 7.48 Å². The summed E-state index contributed by atoms with van der Waals surface area (Å²) in [6, 6.07) is 9.68. The van der Waals surface area contributed by atoms with Gasteiger partial charge < -0.3 is 4.65 Å². The number of hydrogen-bond acceptors (Lipinski definition) is 1. The maximum absolute atomic E-state index is 5.08. The minimum Gasteiger partial charge on any atom is -0.564 e. The smallest absolute Gasteiger partial charge is 0.366 e. The van der Waals surface area contributed by atoms with Crippen molar-refractivity contribution in [1.29, 1.82) is 0 Å². The van der Waals surface area contributed by atoms with Gasteiger partial charge in [0.05, 0.1) is 5.75 Å². The lowest BCUT2D eigenvalue weighted by Crippen LogP contribution is -1.94. The van der Waals surface area contributed by atoms with Crippen LogP contribution in [0.5, 0.6) is 5.75 Å². The molecule has 0 atom stereocenters. The van der Waals surface area contributed by atoms with E-state index in [-0.39, 0.29) is 0 Å². The van der Waals surface area contributed by atoms with Gasteiger partial charge in [-0.1, -0.05) is 25.0 Å². The molecular weight excluding hydrogens is 111 g/mol. The molecule has 1 radical (unpaired) electrons. The molecule has 0 amide bonds. The van der Waals surface area contributed by atoms with E-state index in [1.165, 1.54) is 0 Å². The molecule has 0 bridgehead atoms. The first-order valence-corrected chi connectivity index (χ1v) is 2.93. The number of para-hydroxylation sites is 1. The molecule has 0 unspecified atom stereocenters. The standard InChI is InChI=1S/C7H8BO/c1-8-9-7-5-3-2-4-6-7/h2-6H,1H3.